The zero-order chi connectivity index (χ0) is 34.2. The molecule has 48 heavy (non-hydrogen) atoms. The van der Waals surface area contributed by atoms with E-state index in [9.17, 15) is 19.2 Å². The Morgan fingerprint density at radius 2 is 1.48 bits per heavy atom. The molecule has 0 saturated carbocycles. The Morgan fingerprint density at radius 1 is 0.854 bits per heavy atom. The van der Waals surface area contributed by atoms with Crippen molar-refractivity contribution in [2.75, 3.05) is 50.7 Å². The van der Waals surface area contributed by atoms with Crippen molar-refractivity contribution in [3.05, 3.63) is 28.7 Å². The number of nitrogens with zero attached hydrogens (tertiary/aromatic N) is 5. The summed E-state index contributed by atoms with van der Waals surface area (Å²) in [5.74, 6) is 1.54. The fourth-order valence-electron chi connectivity index (χ4n) is 8.45. The van der Waals surface area contributed by atoms with Crippen LogP contribution in [0.15, 0.2) is 23.0 Å². The van der Waals surface area contributed by atoms with E-state index in [4.69, 9.17) is 4.74 Å². The Balaban J connectivity index is 0.977. The molecule has 0 bridgehead atoms. The molecule has 1 aromatic carbocycles. The number of benzene rings is 1. The lowest BCUT2D eigenvalue weighted by molar-refractivity contribution is -0.135. The van der Waals surface area contributed by atoms with Gasteiger partial charge in [-0.15, -0.1) is 0 Å². The summed E-state index contributed by atoms with van der Waals surface area (Å²) in [6, 6.07) is 5.47. The molecule has 3 amide bonds. The van der Waals surface area contributed by atoms with Crippen LogP contribution in [0, 0.1) is 17.8 Å². The van der Waals surface area contributed by atoms with Gasteiger partial charge < -0.3 is 19.4 Å². The topological polar surface area (TPSA) is 109 Å². The molecule has 5 heterocycles. The number of hydrogen-bond donors (Lipinski definition) is 1. The molecule has 0 aliphatic carbocycles. The number of carbonyl (C=O) groups excluding carboxylic acids is 3. The zero-order valence-corrected chi connectivity index (χ0v) is 29.7. The van der Waals surface area contributed by atoms with Crippen molar-refractivity contribution in [2.24, 2.45) is 17.8 Å². The van der Waals surface area contributed by atoms with E-state index in [0.29, 0.717) is 12.3 Å². The molecule has 1 atom stereocenters. The fourth-order valence-corrected chi connectivity index (χ4v) is 8.45. The number of nitrogens with one attached hydrogen (secondary N) is 1. The lowest BCUT2D eigenvalue weighted by atomic mass is 9.82. The molecule has 264 valence electrons. The minimum atomic E-state index is -0.671. The third-order valence-electron chi connectivity index (χ3n) is 11.1. The average molecular weight is 665 g/mol. The quantitative estimate of drug-likeness (QED) is 0.399. The van der Waals surface area contributed by atoms with Crippen molar-refractivity contribution in [1.82, 2.24) is 24.3 Å². The van der Waals surface area contributed by atoms with Crippen molar-refractivity contribution in [1.29, 1.82) is 0 Å². The predicted molar refractivity (Wildman–Crippen MR) is 187 cm³/mol. The van der Waals surface area contributed by atoms with E-state index in [1.165, 1.54) is 45.2 Å². The average Bonchev–Trinajstić information content (AvgIpc) is 3.33. The number of aromatic nitrogens is 2. The molecule has 4 aliphatic rings. The normalized spacial score (nSPS) is 22.9. The maximum Gasteiger partial charge on any atom is 0.410 e. The lowest BCUT2D eigenvalue weighted by Gasteiger charge is -2.39. The number of anilines is 1. The Kier molecular flexibility index (Phi) is 10.3. The number of imide groups is 1. The first-order chi connectivity index (χ1) is 22.9. The number of imidazole rings is 1. The minimum absolute atomic E-state index is 0.0564. The van der Waals surface area contributed by atoms with Crippen molar-refractivity contribution in [3.63, 3.8) is 0 Å². The summed E-state index contributed by atoms with van der Waals surface area (Å²) >= 11 is 0. The number of fused-ring (bicyclic) bond motifs is 1. The number of ether oxygens (including phenoxy) is 1. The van der Waals surface area contributed by atoms with Gasteiger partial charge in [0.2, 0.25) is 11.8 Å². The molecular weight excluding hydrogens is 608 g/mol. The van der Waals surface area contributed by atoms with Crippen molar-refractivity contribution in [2.45, 2.75) is 110 Å². The summed E-state index contributed by atoms with van der Waals surface area (Å²) in [4.78, 5) is 57.5. The van der Waals surface area contributed by atoms with Gasteiger partial charge in [0.05, 0.1) is 11.0 Å². The van der Waals surface area contributed by atoms with Crippen LogP contribution in [0.1, 0.15) is 104 Å². The maximum atomic E-state index is 13.6. The van der Waals surface area contributed by atoms with Gasteiger partial charge in [0.15, 0.2) is 0 Å². The summed E-state index contributed by atoms with van der Waals surface area (Å²) in [7, 11) is 0. The monoisotopic (exact) mass is 664 g/mol. The zero-order valence-electron chi connectivity index (χ0n) is 29.7. The standard InChI is InChI=1S/C37H56N6O5/c1-25(2)42-32-23-29(6-7-30(32)43(35(42)46)31-8-9-33(44)38-34(31)45)40-18-12-27(13-19-40)22-26-10-16-39(17-11-26)24-28-14-20-41(21-15-28)36(47)48-37(3,4)5/h6-7,23,25-28,31H,8-22,24H2,1-5H3,(H,38,44,45). The molecule has 0 radical (unpaired) electrons. The molecule has 6 rings (SSSR count). The predicted octanol–water partition coefficient (Wildman–Crippen LogP) is 5.33. The lowest BCUT2D eigenvalue weighted by Crippen LogP contribution is -2.45. The van der Waals surface area contributed by atoms with Crippen LogP contribution in [0.5, 0.6) is 0 Å². The molecule has 4 saturated heterocycles. The Bertz CT molecular complexity index is 1530. The third-order valence-corrected chi connectivity index (χ3v) is 11.1. The number of likely N-dealkylation sites (tertiary alicyclic amines) is 2. The summed E-state index contributed by atoms with van der Waals surface area (Å²) < 4.78 is 8.94. The van der Waals surface area contributed by atoms with Crippen LogP contribution in [-0.2, 0) is 14.3 Å². The molecule has 11 nitrogen and oxygen atoms in total. The molecule has 1 aromatic heterocycles. The van der Waals surface area contributed by atoms with Gasteiger partial charge in [0, 0.05) is 50.9 Å². The van der Waals surface area contributed by atoms with Gasteiger partial charge in [-0.05, 0) is 135 Å². The van der Waals surface area contributed by atoms with E-state index in [1.807, 2.05) is 45.6 Å². The molecule has 11 heteroatoms. The summed E-state index contributed by atoms with van der Waals surface area (Å²) in [6.45, 7) is 16.9. The van der Waals surface area contributed by atoms with Crippen LogP contribution in [0.2, 0.25) is 0 Å². The number of carbonyl (C=O) groups is 3. The molecule has 4 fully saturated rings. The van der Waals surface area contributed by atoms with Crippen LogP contribution in [0.25, 0.3) is 11.0 Å². The first-order valence-corrected chi connectivity index (χ1v) is 18.4. The van der Waals surface area contributed by atoms with Gasteiger partial charge in [-0.3, -0.25) is 24.0 Å². The van der Waals surface area contributed by atoms with E-state index in [-0.39, 0.29) is 30.2 Å². The number of hydrogen-bond acceptors (Lipinski definition) is 7. The first kappa shape index (κ1) is 34.5. The number of piperidine rings is 4. The molecule has 4 aliphatic heterocycles. The largest absolute Gasteiger partial charge is 0.444 e. The SMILES string of the molecule is CC(C)n1c(=O)n(C2CCC(=O)NC2=O)c2ccc(N3CCC(CC4CCN(CC5CCN(C(=O)OC(C)(C)C)CC5)CC4)CC3)cc21. The van der Waals surface area contributed by atoms with Crippen LogP contribution in [0.4, 0.5) is 10.5 Å². The Hall–Kier alpha value is -3.34. The van der Waals surface area contributed by atoms with Gasteiger partial charge >= 0.3 is 11.8 Å². The highest BCUT2D eigenvalue weighted by Gasteiger charge is 2.33. The summed E-state index contributed by atoms with van der Waals surface area (Å²) in [5, 5.41) is 2.41. The highest BCUT2D eigenvalue weighted by Crippen LogP contribution is 2.34. The van der Waals surface area contributed by atoms with Crippen molar-refractivity contribution in [3.8, 4) is 0 Å². The Labute approximate surface area is 284 Å². The van der Waals surface area contributed by atoms with Gasteiger partial charge in [-0.25, -0.2) is 9.59 Å². The van der Waals surface area contributed by atoms with Gasteiger partial charge in [0.25, 0.3) is 0 Å². The van der Waals surface area contributed by atoms with Crippen LogP contribution in [0.3, 0.4) is 0 Å². The molecule has 1 N–H and O–H groups in total. The first-order valence-electron chi connectivity index (χ1n) is 18.4. The van der Waals surface area contributed by atoms with Gasteiger partial charge in [-0.2, -0.15) is 0 Å². The second-order valence-electron chi connectivity index (χ2n) is 16.1. The smallest absolute Gasteiger partial charge is 0.410 e. The molecule has 1 unspecified atom stereocenters. The molecule has 0 spiro atoms. The molecular formula is C37H56N6O5. The van der Waals surface area contributed by atoms with E-state index in [0.717, 1.165) is 74.1 Å². The minimum Gasteiger partial charge on any atom is -0.444 e. The van der Waals surface area contributed by atoms with E-state index < -0.39 is 17.6 Å². The maximum absolute atomic E-state index is 13.6. The highest BCUT2D eigenvalue weighted by molar-refractivity contribution is 6.00. The highest BCUT2D eigenvalue weighted by atomic mass is 16.6. The van der Waals surface area contributed by atoms with E-state index >= 15 is 0 Å². The van der Waals surface area contributed by atoms with Crippen LogP contribution < -0.4 is 15.9 Å². The van der Waals surface area contributed by atoms with E-state index in [1.54, 1.807) is 9.13 Å². The van der Waals surface area contributed by atoms with E-state index in [2.05, 4.69) is 27.2 Å². The van der Waals surface area contributed by atoms with Gasteiger partial charge in [-0.1, -0.05) is 0 Å². The fraction of sp³-hybridized carbons (Fsp3) is 0.730. The summed E-state index contributed by atoms with van der Waals surface area (Å²) in [5.41, 5.74) is 2.08. The number of amides is 3. The van der Waals surface area contributed by atoms with Crippen LogP contribution in [-0.4, -0.2) is 88.3 Å². The third kappa shape index (κ3) is 7.76. The second kappa shape index (κ2) is 14.3. The van der Waals surface area contributed by atoms with Crippen molar-refractivity contribution >= 4 is 34.6 Å². The Morgan fingerprint density at radius 3 is 2.08 bits per heavy atom. The molecule has 2 aromatic rings. The summed E-state index contributed by atoms with van der Waals surface area (Å²) in [6.07, 6.45) is 8.77. The number of rotatable bonds is 7. The van der Waals surface area contributed by atoms with Crippen molar-refractivity contribution < 1.29 is 19.1 Å². The van der Waals surface area contributed by atoms with Crippen LogP contribution >= 0.6 is 0 Å². The van der Waals surface area contributed by atoms with Gasteiger partial charge in [0.1, 0.15) is 11.6 Å². The second-order valence-corrected chi connectivity index (χ2v) is 16.1.